The molecule has 0 aliphatic rings. The Morgan fingerprint density at radius 3 is 2.29 bits per heavy atom. The quantitative estimate of drug-likeness (QED) is 0.364. The van der Waals surface area contributed by atoms with Crippen molar-refractivity contribution in [3.05, 3.63) is 46.2 Å². The van der Waals surface area contributed by atoms with E-state index in [9.17, 15) is 0 Å². The van der Waals surface area contributed by atoms with Crippen LogP contribution in [-0.4, -0.2) is 6.16 Å². The monoisotopic (exact) mass is 328 g/mol. The van der Waals surface area contributed by atoms with E-state index in [4.69, 9.17) is 0 Å². The van der Waals surface area contributed by atoms with Crippen molar-refractivity contribution in [3.63, 3.8) is 0 Å². The zero-order chi connectivity index (χ0) is 14.4. The van der Waals surface area contributed by atoms with Crippen molar-refractivity contribution < 1.29 is 0 Å². The fourth-order valence-electron chi connectivity index (χ4n) is 2.92. The average Bonchev–Trinajstić information content (AvgIpc) is 3.06. The van der Waals surface area contributed by atoms with E-state index in [2.05, 4.69) is 50.2 Å². The normalized spacial score (nSPS) is 12.5. The molecule has 106 valence electrons. The van der Waals surface area contributed by atoms with Gasteiger partial charge in [0.2, 0.25) is 0 Å². The molecule has 0 aliphatic heterocycles. The van der Waals surface area contributed by atoms with Gasteiger partial charge in [-0.2, -0.15) is 0 Å². The van der Waals surface area contributed by atoms with E-state index in [1.165, 1.54) is 48.1 Å². The number of fused-ring (bicyclic) bond motifs is 5. The minimum Gasteiger partial charge on any atom is -0.140 e. The predicted octanol–water partition coefficient (Wildman–Crippen LogP) is 6.78. The molecule has 0 saturated heterocycles. The largest absolute Gasteiger partial charge is 0.140 e. The minimum absolute atomic E-state index is 1.05. The Bertz CT molecular complexity index is 946. The van der Waals surface area contributed by atoms with Crippen LogP contribution in [-0.2, 0) is 6.16 Å². The lowest BCUT2D eigenvalue weighted by molar-refractivity contribution is 1.45. The van der Waals surface area contributed by atoms with Crippen LogP contribution in [0, 0.1) is 6.92 Å². The van der Waals surface area contributed by atoms with Gasteiger partial charge in [-0.3, -0.25) is 0 Å². The van der Waals surface area contributed by atoms with Crippen molar-refractivity contribution in [2.45, 2.75) is 20.0 Å². The lowest BCUT2D eigenvalue weighted by Gasteiger charge is -2.01. The molecule has 0 bridgehead atoms. The van der Waals surface area contributed by atoms with Gasteiger partial charge in [0.25, 0.3) is 0 Å². The van der Waals surface area contributed by atoms with Gasteiger partial charge in [-0.15, -0.1) is 31.3 Å². The van der Waals surface area contributed by atoms with Crippen molar-refractivity contribution in [1.82, 2.24) is 0 Å². The Kier molecular flexibility index (Phi) is 3.49. The molecule has 0 amide bonds. The summed E-state index contributed by atoms with van der Waals surface area (Å²) in [4.78, 5) is 2.94. The highest BCUT2D eigenvalue weighted by Crippen LogP contribution is 2.39. The van der Waals surface area contributed by atoms with Crippen molar-refractivity contribution >= 4 is 62.2 Å². The molecule has 2 aromatic heterocycles. The molecule has 4 rings (SSSR count). The van der Waals surface area contributed by atoms with Gasteiger partial charge in [-0.25, -0.2) is 0 Å². The average molecular weight is 328 g/mol. The standard InChI is InChI=1S/C18H17PS2/c1-3-19-10-14-9-13-5-7-15-16(18(13)21-14)6-4-12-8-11(2)20-17(12)15/h4-9,19H,3,10H2,1-2H3. The van der Waals surface area contributed by atoms with Crippen LogP contribution in [0.15, 0.2) is 36.4 Å². The SMILES string of the molecule is CCPCc1cc2ccc3c(ccc4cc(C)sc43)c2s1. The minimum atomic E-state index is 1.05. The summed E-state index contributed by atoms with van der Waals surface area (Å²) < 4.78 is 2.91. The third-order valence-electron chi connectivity index (χ3n) is 3.88. The van der Waals surface area contributed by atoms with Gasteiger partial charge in [-0.05, 0) is 42.2 Å². The second kappa shape index (κ2) is 5.35. The molecule has 0 fully saturated rings. The Labute approximate surface area is 134 Å². The molecule has 1 atom stereocenters. The maximum absolute atomic E-state index is 2.39. The first-order valence-corrected chi connectivity index (χ1v) is 10.4. The number of aryl methyl sites for hydroxylation is 1. The lowest BCUT2D eigenvalue weighted by atomic mass is 10.1. The third-order valence-corrected chi connectivity index (χ3v) is 7.55. The van der Waals surface area contributed by atoms with Gasteiger partial charge in [-0.1, -0.05) is 31.2 Å². The van der Waals surface area contributed by atoms with E-state index in [-0.39, 0.29) is 0 Å². The number of hydrogen-bond acceptors (Lipinski definition) is 2. The van der Waals surface area contributed by atoms with Gasteiger partial charge >= 0.3 is 0 Å². The van der Waals surface area contributed by atoms with Crippen LogP contribution < -0.4 is 0 Å². The highest BCUT2D eigenvalue weighted by Gasteiger charge is 2.09. The zero-order valence-corrected chi connectivity index (χ0v) is 14.8. The summed E-state index contributed by atoms with van der Waals surface area (Å²) in [6.45, 7) is 4.47. The van der Waals surface area contributed by atoms with Crippen LogP contribution in [0.2, 0.25) is 0 Å². The third kappa shape index (κ3) is 2.30. The summed E-state index contributed by atoms with van der Waals surface area (Å²) in [6.07, 6.45) is 2.54. The molecule has 21 heavy (non-hydrogen) atoms. The van der Waals surface area contributed by atoms with E-state index in [0.717, 1.165) is 8.58 Å². The lowest BCUT2D eigenvalue weighted by Crippen LogP contribution is -1.73. The van der Waals surface area contributed by atoms with E-state index in [1.807, 2.05) is 22.7 Å². The Morgan fingerprint density at radius 2 is 1.57 bits per heavy atom. The van der Waals surface area contributed by atoms with E-state index in [1.54, 1.807) is 4.88 Å². The smallest absolute Gasteiger partial charge is 0.0424 e. The molecule has 0 saturated carbocycles. The van der Waals surface area contributed by atoms with Crippen molar-refractivity contribution in [3.8, 4) is 0 Å². The maximum atomic E-state index is 2.39. The van der Waals surface area contributed by atoms with Crippen LogP contribution in [0.5, 0.6) is 0 Å². The fraction of sp³-hybridized carbons (Fsp3) is 0.222. The summed E-state index contributed by atoms with van der Waals surface area (Å²) in [5.74, 6) is 0. The molecule has 4 aromatic rings. The van der Waals surface area contributed by atoms with Crippen LogP contribution >= 0.6 is 31.3 Å². The maximum Gasteiger partial charge on any atom is 0.0424 e. The zero-order valence-electron chi connectivity index (χ0n) is 12.2. The van der Waals surface area contributed by atoms with Crippen LogP contribution in [0.4, 0.5) is 0 Å². The number of hydrogen-bond donors (Lipinski definition) is 0. The van der Waals surface area contributed by atoms with Gasteiger partial charge in [0, 0.05) is 29.9 Å². The highest BCUT2D eigenvalue weighted by molar-refractivity contribution is 7.38. The summed E-state index contributed by atoms with van der Waals surface area (Å²) in [7, 11) is 1.05. The molecule has 0 spiro atoms. The van der Waals surface area contributed by atoms with Gasteiger partial charge in [0.1, 0.15) is 0 Å². The molecule has 0 N–H and O–H groups in total. The number of benzene rings is 2. The van der Waals surface area contributed by atoms with Crippen LogP contribution in [0.1, 0.15) is 16.7 Å². The van der Waals surface area contributed by atoms with Gasteiger partial charge < -0.3 is 0 Å². The molecule has 2 aromatic carbocycles. The highest BCUT2D eigenvalue weighted by atomic mass is 32.1. The fourth-order valence-corrected chi connectivity index (χ4v) is 6.13. The number of rotatable bonds is 3. The van der Waals surface area contributed by atoms with Crippen molar-refractivity contribution in [2.75, 3.05) is 6.16 Å². The first kappa shape index (κ1) is 13.7. The number of thiophene rings is 2. The Hall–Kier alpha value is -0.950. The van der Waals surface area contributed by atoms with E-state index < -0.39 is 0 Å². The van der Waals surface area contributed by atoms with Gasteiger partial charge in [0.05, 0.1) is 0 Å². The first-order valence-electron chi connectivity index (χ1n) is 7.31. The summed E-state index contributed by atoms with van der Waals surface area (Å²) in [5, 5.41) is 5.65. The van der Waals surface area contributed by atoms with Crippen molar-refractivity contribution in [1.29, 1.82) is 0 Å². The summed E-state index contributed by atoms with van der Waals surface area (Å²) in [5.41, 5.74) is 0. The second-order valence-electron chi connectivity index (χ2n) is 5.41. The van der Waals surface area contributed by atoms with Gasteiger partial charge in [0.15, 0.2) is 0 Å². The Morgan fingerprint density at radius 1 is 0.905 bits per heavy atom. The Balaban J connectivity index is 1.99. The molecule has 3 heteroatoms. The predicted molar refractivity (Wildman–Crippen MR) is 102 cm³/mol. The molecular weight excluding hydrogens is 311 g/mol. The molecule has 2 heterocycles. The topological polar surface area (TPSA) is 0 Å². The second-order valence-corrected chi connectivity index (χ2v) is 9.37. The van der Waals surface area contributed by atoms with Crippen molar-refractivity contribution in [2.24, 2.45) is 0 Å². The summed E-state index contributed by atoms with van der Waals surface area (Å²) >= 11 is 3.91. The molecule has 1 unspecified atom stereocenters. The van der Waals surface area contributed by atoms with Crippen LogP contribution in [0.3, 0.4) is 0 Å². The molecule has 0 nitrogen and oxygen atoms in total. The molecular formula is C18H17PS2. The van der Waals surface area contributed by atoms with E-state index in [0.29, 0.717) is 0 Å². The van der Waals surface area contributed by atoms with Crippen LogP contribution in [0.25, 0.3) is 30.9 Å². The first-order chi connectivity index (χ1) is 10.3. The van der Waals surface area contributed by atoms with E-state index >= 15 is 0 Å². The molecule has 0 radical (unpaired) electrons. The summed E-state index contributed by atoms with van der Waals surface area (Å²) in [6, 6.07) is 13.9. The molecule has 0 aliphatic carbocycles.